The summed E-state index contributed by atoms with van der Waals surface area (Å²) in [7, 11) is 0. The predicted molar refractivity (Wildman–Crippen MR) is 111 cm³/mol. The number of aliphatic hydroxyl groups is 1. The van der Waals surface area contributed by atoms with Gasteiger partial charge in [-0.2, -0.15) is 0 Å². The molecule has 2 heterocycles. The van der Waals surface area contributed by atoms with E-state index in [1.54, 1.807) is 6.20 Å². The summed E-state index contributed by atoms with van der Waals surface area (Å²) in [4.78, 5) is 22.6. The summed E-state index contributed by atoms with van der Waals surface area (Å²) in [6.45, 7) is 1.45. The highest BCUT2D eigenvalue weighted by Gasteiger charge is 2.55. The quantitative estimate of drug-likeness (QED) is 0.688. The van der Waals surface area contributed by atoms with Gasteiger partial charge in [-0.3, -0.25) is 4.79 Å². The van der Waals surface area contributed by atoms with Crippen LogP contribution in [0.15, 0.2) is 6.20 Å². The Hall–Kier alpha value is -1.73. The third-order valence-corrected chi connectivity index (χ3v) is 8.36. The second-order valence-corrected chi connectivity index (χ2v) is 10.5. The molecule has 0 aromatic carbocycles. The molecule has 5 saturated carbocycles. The molecule has 30 heavy (non-hydrogen) atoms. The minimum Gasteiger partial charge on any atom is -0.390 e. The van der Waals surface area contributed by atoms with Gasteiger partial charge < -0.3 is 20.5 Å². The minimum absolute atomic E-state index is 0.0305. The molecular formula is C23H32N4O3. The number of rotatable bonds is 5. The molecule has 5 aliphatic carbocycles. The Morgan fingerprint density at radius 3 is 2.60 bits per heavy atom. The summed E-state index contributed by atoms with van der Waals surface area (Å²) < 4.78 is 5.44. The normalized spacial score (nSPS) is 39.7. The third kappa shape index (κ3) is 3.30. The first-order valence-electron chi connectivity index (χ1n) is 11.8. The molecule has 6 fully saturated rings. The van der Waals surface area contributed by atoms with Crippen molar-refractivity contribution in [1.82, 2.24) is 15.3 Å². The van der Waals surface area contributed by atoms with E-state index in [2.05, 4.69) is 15.6 Å². The van der Waals surface area contributed by atoms with Crippen molar-refractivity contribution >= 4 is 11.9 Å². The fraction of sp³-hybridized carbons (Fsp3) is 0.783. The van der Waals surface area contributed by atoms with E-state index >= 15 is 0 Å². The molecule has 0 radical (unpaired) electrons. The van der Waals surface area contributed by atoms with Crippen molar-refractivity contribution in [2.75, 3.05) is 18.5 Å². The summed E-state index contributed by atoms with van der Waals surface area (Å²) in [5.74, 6) is 2.38. The van der Waals surface area contributed by atoms with Crippen LogP contribution in [0.2, 0.25) is 0 Å². The molecule has 0 spiro atoms. The van der Waals surface area contributed by atoms with Gasteiger partial charge in [-0.05, 0) is 69.1 Å². The largest absolute Gasteiger partial charge is 0.390 e. The zero-order valence-corrected chi connectivity index (χ0v) is 17.5. The van der Waals surface area contributed by atoms with Crippen LogP contribution in [-0.2, 0) is 4.74 Å². The Balaban J connectivity index is 1.21. The lowest BCUT2D eigenvalue weighted by Gasteiger charge is -2.58. The van der Waals surface area contributed by atoms with Crippen LogP contribution in [0.1, 0.15) is 79.8 Å². The molecule has 162 valence electrons. The SMILES string of the molecule is O=C(NC1C2CC3CC1CC(O)(C3)C2)c1cnc(N[C@H]2CCOC2)nc1C1CCC1. The van der Waals surface area contributed by atoms with Crippen molar-refractivity contribution in [3.63, 3.8) is 0 Å². The first kappa shape index (κ1) is 19.0. The van der Waals surface area contributed by atoms with E-state index < -0.39 is 5.60 Å². The topological polar surface area (TPSA) is 96.4 Å². The van der Waals surface area contributed by atoms with Crippen molar-refractivity contribution in [3.8, 4) is 0 Å². The van der Waals surface area contributed by atoms with Crippen molar-refractivity contribution in [3.05, 3.63) is 17.5 Å². The van der Waals surface area contributed by atoms with E-state index in [-0.39, 0.29) is 18.0 Å². The number of amides is 1. The number of nitrogens with zero attached hydrogens (tertiary/aromatic N) is 2. The molecule has 2 unspecified atom stereocenters. The number of ether oxygens (including phenoxy) is 1. The Morgan fingerprint density at radius 1 is 1.17 bits per heavy atom. The van der Waals surface area contributed by atoms with Crippen LogP contribution < -0.4 is 10.6 Å². The smallest absolute Gasteiger partial charge is 0.254 e. The lowest BCUT2D eigenvalue weighted by molar-refractivity contribution is -0.136. The van der Waals surface area contributed by atoms with Gasteiger partial charge in [-0.1, -0.05) is 6.42 Å². The van der Waals surface area contributed by atoms with Crippen LogP contribution in [-0.4, -0.2) is 51.9 Å². The highest BCUT2D eigenvalue weighted by molar-refractivity contribution is 5.95. The maximum Gasteiger partial charge on any atom is 0.254 e. The second kappa shape index (κ2) is 7.16. The molecule has 1 aromatic rings. The van der Waals surface area contributed by atoms with Gasteiger partial charge in [0.25, 0.3) is 5.91 Å². The van der Waals surface area contributed by atoms with E-state index in [0.717, 1.165) is 63.7 Å². The van der Waals surface area contributed by atoms with Gasteiger partial charge in [0.05, 0.1) is 29.5 Å². The van der Waals surface area contributed by atoms with Gasteiger partial charge in [-0.15, -0.1) is 0 Å². The highest BCUT2D eigenvalue weighted by Crippen LogP contribution is 2.55. The van der Waals surface area contributed by atoms with Crippen LogP contribution in [0.3, 0.4) is 0 Å². The van der Waals surface area contributed by atoms with E-state index in [0.29, 0.717) is 41.8 Å². The van der Waals surface area contributed by atoms with E-state index in [9.17, 15) is 9.90 Å². The van der Waals surface area contributed by atoms with Crippen molar-refractivity contribution < 1.29 is 14.6 Å². The summed E-state index contributed by atoms with van der Waals surface area (Å²) >= 11 is 0. The van der Waals surface area contributed by atoms with Gasteiger partial charge in [-0.25, -0.2) is 9.97 Å². The fourth-order valence-electron chi connectivity index (χ4n) is 6.91. The molecular weight excluding hydrogens is 380 g/mol. The zero-order chi connectivity index (χ0) is 20.3. The molecule has 7 nitrogen and oxygen atoms in total. The second-order valence-electron chi connectivity index (χ2n) is 10.5. The minimum atomic E-state index is -0.477. The van der Waals surface area contributed by atoms with Crippen molar-refractivity contribution in [1.29, 1.82) is 0 Å². The predicted octanol–water partition coefficient (Wildman–Crippen LogP) is 2.61. The number of nitrogens with one attached hydrogen (secondary N) is 2. The first-order chi connectivity index (χ1) is 14.6. The zero-order valence-electron chi connectivity index (χ0n) is 17.5. The van der Waals surface area contributed by atoms with Crippen molar-refractivity contribution in [2.24, 2.45) is 17.8 Å². The number of aromatic nitrogens is 2. The molecule has 3 atom stereocenters. The first-order valence-corrected chi connectivity index (χ1v) is 11.8. The molecule has 1 saturated heterocycles. The van der Waals surface area contributed by atoms with Gasteiger partial charge >= 0.3 is 0 Å². The van der Waals surface area contributed by atoms with Crippen LogP contribution in [0.5, 0.6) is 0 Å². The van der Waals surface area contributed by atoms with Gasteiger partial charge in [0.2, 0.25) is 5.95 Å². The van der Waals surface area contributed by atoms with Crippen LogP contribution in [0.25, 0.3) is 0 Å². The third-order valence-electron chi connectivity index (χ3n) is 8.36. The Kier molecular flexibility index (Phi) is 4.53. The Bertz CT molecular complexity index is 820. The van der Waals surface area contributed by atoms with Crippen LogP contribution in [0.4, 0.5) is 5.95 Å². The standard InChI is InChI=1S/C23H32N4O3/c28-21(26-19-15-6-13-7-16(19)10-23(29,8-13)9-15)18-11-24-22(25-17-4-5-30-12-17)27-20(18)14-2-1-3-14/h11,13-17,19,29H,1-10,12H2,(H,26,28)(H,24,25,27)/t13?,15?,16?,17-,19?,23?/m0/s1. The van der Waals surface area contributed by atoms with E-state index in [4.69, 9.17) is 9.72 Å². The summed E-state index contributed by atoms with van der Waals surface area (Å²) in [6.07, 6.45) is 11.0. The molecule has 7 heteroatoms. The maximum atomic E-state index is 13.3. The average Bonchev–Trinajstić information content (AvgIpc) is 3.15. The summed E-state index contributed by atoms with van der Waals surface area (Å²) in [6, 6.07) is 0.426. The number of carbonyl (C=O) groups is 1. The molecule has 6 aliphatic rings. The lowest BCUT2D eigenvalue weighted by atomic mass is 9.52. The Morgan fingerprint density at radius 2 is 1.97 bits per heavy atom. The number of anilines is 1. The van der Waals surface area contributed by atoms with Gasteiger partial charge in [0, 0.05) is 24.8 Å². The van der Waals surface area contributed by atoms with Crippen molar-refractivity contribution in [2.45, 2.75) is 81.4 Å². The maximum absolute atomic E-state index is 13.3. The molecule has 3 N–H and O–H groups in total. The number of carbonyl (C=O) groups excluding carboxylic acids is 1. The fourth-order valence-corrected chi connectivity index (χ4v) is 6.91. The van der Waals surface area contributed by atoms with Gasteiger partial charge in [0.1, 0.15) is 0 Å². The molecule has 1 aliphatic heterocycles. The number of hydrogen-bond donors (Lipinski definition) is 3. The van der Waals surface area contributed by atoms with Gasteiger partial charge in [0.15, 0.2) is 0 Å². The Labute approximate surface area is 177 Å². The molecule has 1 amide bonds. The van der Waals surface area contributed by atoms with E-state index in [1.807, 2.05) is 0 Å². The number of hydrogen-bond acceptors (Lipinski definition) is 6. The van der Waals surface area contributed by atoms with Crippen LogP contribution in [0, 0.1) is 17.8 Å². The molecule has 4 bridgehead atoms. The summed E-state index contributed by atoms with van der Waals surface area (Å²) in [5, 5.41) is 17.6. The lowest BCUT2D eigenvalue weighted by Crippen LogP contribution is -2.61. The highest BCUT2D eigenvalue weighted by atomic mass is 16.5. The van der Waals surface area contributed by atoms with Crippen LogP contribution >= 0.6 is 0 Å². The molecule has 1 aromatic heterocycles. The summed E-state index contributed by atoms with van der Waals surface area (Å²) in [5.41, 5.74) is 1.06. The monoisotopic (exact) mass is 412 g/mol. The van der Waals surface area contributed by atoms with E-state index in [1.165, 1.54) is 6.42 Å². The average molecular weight is 413 g/mol. The molecule has 7 rings (SSSR count).